The van der Waals surface area contributed by atoms with Crippen molar-refractivity contribution in [1.82, 2.24) is 4.90 Å². The summed E-state index contributed by atoms with van der Waals surface area (Å²) in [4.78, 5) is 35.7. The van der Waals surface area contributed by atoms with Crippen LogP contribution in [0.15, 0.2) is 48.5 Å². The summed E-state index contributed by atoms with van der Waals surface area (Å²) in [6.07, 6.45) is 0. The fourth-order valence-electron chi connectivity index (χ4n) is 2.21. The molecule has 2 rings (SSSR count). The number of carbonyl (C=O) groups excluding carboxylic acids is 2. The molecule has 0 unspecified atom stereocenters. The van der Waals surface area contributed by atoms with Crippen LogP contribution in [0.5, 0.6) is 0 Å². The highest BCUT2D eigenvalue weighted by molar-refractivity contribution is 5.95. The number of nitrogens with one attached hydrogen (secondary N) is 2. The summed E-state index contributed by atoms with van der Waals surface area (Å²) in [6.45, 7) is -0.218. The Morgan fingerprint density at radius 3 is 2.23 bits per heavy atom. The van der Waals surface area contributed by atoms with E-state index in [4.69, 9.17) is 0 Å². The zero-order valence-corrected chi connectivity index (χ0v) is 13.9. The van der Waals surface area contributed by atoms with E-state index >= 15 is 0 Å². The van der Waals surface area contributed by atoms with Crippen LogP contribution < -0.4 is 10.6 Å². The quantitative estimate of drug-likeness (QED) is 0.582. The summed E-state index contributed by atoms with van der Waals surface area (Å²) in [5.41, 5.74) is 0.318. The molecule has 0 radical (unpaired) electrons. The number of para-hydroxylation sites is 2. The molecule has 2 aromatic rings. The zero-order valence-electron chi connectivity index (χ0n) is 13.9. The van der Waals surface area contributed by atoms with Crippen LogP contribution in [0.3, 0.4) is 0 Å². The Labute approximate surface area is 148 Å². The van der Waals surface area contributed by atoms with Gasteiger partial charge in [-0.3, -0.25) is 24.6 Å². The van der Waals surface area contributed by atoms with Gasteiger partial charge in [0.1, 0.15) is 11.5 Å². The maximum Gasteiger partial charge on any atom is 0.292 e. The second-order valence-corrected chi connectivity index (χ2v) is 5.55. The summed E-state index contributed by atoms with van der Waals surface area (Å²) in [7, 11) is 1.56. The maximum atomic E-state index is 12.8. The molecule has 9 heteroatoms. The first-order valence-corrected chi connectivity index (χ1v) is 7.62. The smallest absolute Gasteiger partial charge is 0.292 e. The van der Waals surface area contributed by atoms with Gasteiger partial charge in [-0.05, 0) is 37.4 Å². The molecule has 0 saturated heterocycles. The van der Waals surface area contributed by atoms with Gasteiger partial charge in [-0.15, -0.1) is 0 Å². The van der Waals surface area contributed by atoms with Crippen molar-refractivity contribution in [1.29, 1.82) is 0 Å². The summed E-state index contributed by atoms with van der Waals surface area (Å²) >= 11 is 0. The molecule has 0 spiro atoms. The fraction of sp³-hybridized carbons (Fsp3) is 0.176. The number of hydrogen-bond acceptors (Lipinski definition) is 5. The van der Waals surface area contributed by atoms with Crippen LogP contribution in [0.25, 0.3) is 0 Å². The van der Waals surface area contributed by atoms with E-state index in [1.165, 1.54) is 47.4 Å². The summed E-state index contributed by atoms with van der Waals surface area (Å²) in [6, 6.07) is 11.1. The number of nitrogens with zero attached hydrogens (tertiary/aromatic N) is 2. The van der Waals surface area contributed by atoms with Gasteiger partial charge in [-0.25, -0.2) is 4.39 Å². The number of benzene rings is 2. The van der Waals surface area contributed by atoms with E-state index in [-0.39, 0.29) is 30.4 Å². The van der Waals surface area contributed by atoms with E-state index in [1.807, 2.05) is 0 Å². The number of nitro benzene ring substituents is 1. The third kappa shape index (κ3) is 5.64. The first-order chi connectivity index (χ1) is 12.3. The van der Waals surface area contributed by atoms with Crippen molar-refractivity contribution in [2.45, 2.75) is 0 Å². The van der Waals surface area contributed by atoms with Gasteiger partial charge in [0, 0.05) is 11.8 Å². The second kappa shape index (κ2) is 8.67. The lowest BCUT2D eigenvalue weighted by Gasteiger charge is -2.16. The number of halogens is 1. The monoisotopic (exact) mass is 360 g/mol. The largest absolute Gasteiger partial charge is 0.325 e. The molecule has 0 aliphatic heterocycles. The molecule has 0 saturated carbocycles. The Bertz CT molecular complexity index is 811. The van der Waals surface area contributed by atoms with Gasteiger partial charge in [0.2, 0.25) is 11.8 Å². The van der Waals surface area contributed by atoms with Gasteiger partial charge in [0.15, 0.2) is 0 Å². The third-order valence-electron chi connectivity index (χ3n) is 3.33. The highest BCUT2D eigenvalue weighted by atomic mass is 19.1. The molecule has 0 aliphatic rings. The standard InChI is InChI=1S/C17H17FN4O4/c1-21(10-16(23)19-13-8-6-12(18)7-9-13)11-17(24)20-14-4-2-3-5-15(14)22(25)26/h2-9H,10-11H2,1H3,(H,19,23)(H,20,24). The lowest BCUT2D eigenvalue weighted by atomic mass is 10.2. The van der Waals surface area contributed by atoms with E-state index in [2.05, 4.69) is 10.6 Å². The fourth-order valence-corrected chi connectivity index (χ4v) is 2.21. The van der Waals surface area contributed by atoms with Crippen LogP contribution in [-0.2, 0) is 9.59 Å². The minimum atomic E-state index is -0.588. The first kappa shape index (κ1) is 19.0. The SMILES string of the molecule is CN(CC(=O)Nc1ccc(F)cc1)CC(=O)Nc1ccccc1[N+](=O)[O-]. The Morgan fingerprint density at radius 1 is 1.04 bits per heavy atom. The number of carbonyl (C=O) groups is 2. The van der Waals surface area contributed by atoms with Crippen molar-refractivity contribution >= 4 is 28.9 Å². The molecule has 136 valence electrons. The number of nitro groups is 1. The average molecular weight is 360 g/mol. The molecule has 0 bridgehead atoms. The molecule has 2 N–H and O–H groups in total. The van der Waals surface area contributed by atoms with Crippen LogP contribution in [0.2, 0.25) is 0 Å². The number of amides is 2. The predicted molar refractivity (Wildman–Crippen MR) is 94.3 cm³/mol. The van der Waals surface area contributed by atoms with Crippen molar-refractivity contribution in [3.05, 3.63) is 64.5 Å². The van der Waals surface area contributed by atoms with Gasteiger partial charge in [-0.1, -0.05) is 12.1 Å². The van der Waals surface area contributed by atoms with Crippen molar-refractivity contribution in [3.8, 4) is 0 Å². The molecule has 8 nitrogen and oxygen atoms in total. The van der Waals surface area contributed by atoms with Crippen molar-refractivity contribution in [2.24, 2.45) is 0 Å². The molecule has 0 fully saturated rings. The van der Waals surface area contributed by atoms with Crippen LogP contribution in [0.4, 0.5) is 21.5 Å². The molecule has 0 aliphatic carbocycles. The highest BCUT2D eigenvalue weighted by Crippen LogP contribution is 2.22. The summed E-state index contributed by atoms with van der Waals surface area (Å²) in [5, 5.41) is 16.0. The minimum Gasteiger partial charge on any atom is -0.325 e. The van der Waals surface area contributed by atoms with Crippen molar-refractivity contribution in [3.63, 3.8) is 0 Å². The molecule has 26 heavy (non-hydrogen) atoms. The Kier molecular flexibility index (Phi) is 6.34. The molecule has 2 aromatic carbocycles. The third-order valence-corrected chi connectivity index (χ3v) is 3.33. The number of anilines is 2. The number of likely N-dealkylation sites (N-methyl/N-ethyl adjacent to an activating group) is 1. The normalized spacial score (nSPS) is 10.4. The van der Waals surface area contributed by atoms with E-state index in [0.29, 0.717) is 5.69 Å². The van der Waals surface area contributed by atoms with Gasteiger partial charge in [0.05, 0.1) is 18.0 Å². The van der Waals surface area contributed by atoms with Gasteiger partial charge < -0.3 is 10.6 Å². The van der Waals surface area contributed by atoms with Gasteiger partial charge >= 0.3 is 0 Å². The van der Waals surface area contributed by atoms with Crippen LogP contribution in [-0.4, -0.2) is 41.8 Å². The van der Waals surface area contributed by atoms with E-state index in [0.717, 1.165) is 0 Å². The average Bonchev–Trinajstić information content (AvgIpc) is 2.56. The Hall–Kier alpha value is -3.33. The number of rotatable bonds is 7. The molecular formula is C17H17FN4O4. The first-order valence-electron chi connectivity index (χ1n) is 7.62. The molecule has 0 aromatic heterocycles. The highest BCUT2D eigenvalue weighted by Gasteiger charge is 2.16. The summed E-state index contributed by atoms with van der Waals surface area (Å²) in [5.74, 6) is -1.28. The van der Waals surface area contributed by atoms with E-state index in [1.54, 1.807) is 13.1 Å². The summed E-state index contributed by atoms with van der Waals surface area (Å²) < 4.78 is 12.8. The molecule has 2 amide bonds. The lowest BCUT2D eigenvalue weighted by molar-refractivity contribution is -0.383. The maximum absolute atomic E-state index is 12.8. The van der Waals surface area contributed by atoms with Crippen LogP contribution in [0, 0.1) is 15.9 Å². The minimum absolute atomic E-state index is 0.0817. The van der Waals surface area contributed by atoms with E-state index in [9.17, 15) is 24.1 Å². The van der Waals surface area contributed by atoms with Crippen LogP contribution in [0.1, 0.15) is 0 Å². The molecule has 0 heterocycles. The van der Waals surface area contributed by atoms with Gasteiger partial charge in [-0.2, -0.15) is 0 Å². The predicted octanol–water partition coefficient (Wildman–Crippen LogP) is 2.24. The Morgan fingerprint density at radius 2 is 1.62 bits per heavy atom. The van der Waals surface area contributed by atoms with Crippen LogP contribution >= 0.6 is 0 Å². The zero-order chi connectivity index (χ0) is 19.1. The molecule has 0 atom stereocenters. The van der Waals surface area contributed by atoms with Gasteiger partial charge in [0.25, 0.3) is 5.69 Å². The molecular weight excluding hydrogens is 343 g/mol. The second-order valence-electron chi connectivity index (χ2n) is 5.55. The number of hydrogen-bond donors (Lipinski definition) is 2. The lowest BCUT2D eigenvalue weighted by Crippen LogP contribution is -2.36. The van der Waals surface area contributed by atoms with Crippen molar-refractivity contribution in [2.75, 3.05) is 30.8 Å². The van der Waals surface area contributed by atoms with E-state index < -0.39 is 16.6 Å². The van der Waals surface area contributed by atoms with Crippen molar-refractivity contribution < 1.29 is 18.9 Å². The Balaban J connectivity index is 1.86. The topological polar surface area (TPSA) is 105 Å².